The van der Waals surface area contributed by atoms with E-state index in [0.717, 1.165) is 0 Å². The maximum Gasteiger partial charge on any atom is 0.303 e. The number of carboxylic acids is 1. The van der Waals surface area contributed by atoms with Gasteiger partial charge in [0.15, 0.2) is 17.4 Å². The second kappa shape index (κ2) is 4.20. The lowest BCUT2D eigenvalue weighted by atomic mass is 10.1. The predicted molar refractivity (Wildman–Crippen MR) is 43.9 cm³/mol. The molecule has 1 rings (SSSR count). The summed E-state index contributed by atoms with van der Waals surface area (Å²) in [5, 5.41) is 17.4. The third kappa shape index (κ3) is 2.39. The first-order valence-electron chi connectivity index (χ1n) is 4.00. The topological polar surface area (TPSA) is 57.5 Å². The first-order chi connectivity index (χ1) is 6.93. The normalized spacial score (nSPS) is 10.3. The minimum atomic E-state index is -1.77. The van der Waals surface area contributed by atoms with Crippen LogP contribution in [0.5, 0.6) is 5.75 Å². The Balaban J connectivity index is 3.04. The summed E-state index contributed by atoms with van der Waals surface area (Å²) in [7, 11) is 0. The van der Waals surface area contributed by atoms with Gasteiger partial charge in [-0.1, -0.05) is 0 Å². The Morgan fingerprint density at radius 2 is 1.87 bits per heavy atom. The first-order valence-corrected chi connectivity index (χ1v) is 4.00. The Labute approximate surface area is 82.8 Å². The quantitative estimate of drug-likeness (QED) is 0.764. The Morgan fingerprint density at radius 1 is 1.27 bits per heavy atom. The molecule has 0 aliphatic rings. The largest absolute Gasteiger partial charge is 0.505 e. The molecule has 2 N–H and O–H groups in total. The summed E-state index contributed by atoms with van der Waals surface area (Å²) in [6.45, 7) is 0. The summed E-state index contributed by atoms with van der Waals surface area (Å²) in [6, 6.07) is 0.580. The lowest BCUT2D eigenvalue weighted by molar-refractivity contribution is -0.136. The van der Waals surface area contributed by atoms with E-state index in [-0.39, 0.29) is 12.0 Å². The molecule has 0 amide bonds. The number of carbonyl (C=O) groups is 1. The molecule has 1 aromatic rings. The van der Waals surface area contributed by atoms with Gasteiger partial charge in [0.05, 0.1) is 0 Å². The highest BCUT2D eigenvalue weighted by Crippen LogP contribution is 2.26. The lowest BCUT2D eigenvalue weighted by Gasteiger charge is -2.05. The van der Waals surface area contributed by atoms with Crippen molar-refractivity contribution in [1.82, 2.24) is 0 Å². The van der Waals surface area contributed by atoms with Gasteiger partial charge in [0.2, 0.25) is 5.82 Å². The Bertz CT molecular complexity index is 404. The monoisotopic (exact) mass is 220 g/mol. The maximum atomic E-state index is 12.8. The molecule has 0 heterocycles. The van der Waals surface area contributed by atoms with Crippen molar-refractivity contribution in [2.75, 3.05) is 0 Å². The molecule has 0 spiro atoms. The van der Waals surface area contributed by atoms with Crippen molar-refractivity contribution in [1.29, 1.82) is 0 Å². The molecule has 3 nitrogen and oxygen atoms in total. The van der Waals surface area contributed by atoms with Gasteiger partial charge in [-0.25, -0.2) is 8.78 Å². The second-order valence-corrected chi connectivity index (χ2v) is 2.89. The summed E-state index contributed by atoms with van der Waals surface area (Å²) in [5.41, 5.74) is -0.270. The van der Waals surface area contributed by atoms with Crippen molar-refractivity contribution < 1.29 is 28.2 Å². The highest BCUT2D eigenvalue weighted by molar-refractivity contribution is 5.67. The summed E-state index contributed by atoms with van der Waals surface area (Å²) in [6.07, 6.45) is -0.673. The number of benzene rings is 1. The fourth-order valence-corrected chi connectivity index (χ4v) is 1.07. The molecule has 0 fully saturated rings. The van der Waals surface area contributed by atoms with E-state index < -0.39 is 35.6 Å². The summed E-state index contributed by atoms with van der Waals surface area (Å²) >= 11 is 0. The number of hydrogen-bond donors (Lipinski definition) is 2. The lowest BCUT2D eigenvalue weighted by Crippen LogP contribution is -2.01. The van der Waals surface area contributed by atoms with Crippen LogP contribution in [-0.4, -0.2) is 16.2 Å². The number of aliphatic carboxylic acids is 1. The average Bonchev–Trinajstić information content (AvgIpc) is 2.18. The van der Waals surface area contributed by atoms with E-state index in [1.54, 1.807) is 0 Å². The molecule has 6 heteroatoms. The number of phenols is 1. The molecule has 82 valence electrons. The van der Waals surface area contributed by atoms with Crippen LogP contribution in [0.4, 0.5) is 13.2 Å². The Hall–Kier alpha value is -1.72. The van der Waals surface area contributed by atoms with Crippen LogP contribution in [-0.2, 0) is 11.2 Å². The number of aryl methyl sites for hydroxylation is 1. The summed E-state index contributed by atoms with van der Waals surface area (Å²) in [4.78, 5) is 10.2. The molecular formula is C9H7F3O3. The highest BCUT2D eigenvalue weighted by atomic mass is 19.2. The number of carboxylic acid groups (broad SMARTS) is 1. The van der Waals surface area contributed by atoms with E-state index in [4.69, 9.17) is 10.2 Å². The van der Waals surface area contributed by atoms with Crippen molar-refractivity contribution in [3.8, 4) is 5.75 Å². The van der Waals surface area contributed by atoms with Crippen molar-refractivity contribution in [3.05, 3.63) is 29.1 Å². The molecule has 15 heavy (non-hydrogen) atoms. The zero-order valence-electron chi connectivity index (χ0n) is 7.43. The van der Waals surface area contributed by atoms with E-state index in [0.29, 0.717) is 6.07 Å². The minimum absolute atomic E-state index is 0.269. The van der Waals surface area contributed by atoms with Gasteiger partial charge >= 0.3 is 5.97 Å². The molecule has 0 saturated heterocycles. The maximum absolute atomic E-state index is 12.8. The summed E-state index contributed by atoms with van der Waals surface area (Å²) < 4.78 is 38.0. The molecule has 0 bridgehead atoms. The molecular weight excluding hydrogens is 213 g/mol. The third-order valence-electron chi connectivity index (χ3n) is 1.82. The molecule has 0 aliphatic carbocycles. The average molecular weight is 220 g/mol. The van der Waals surface area contributed by atoms with Crippen LogP contribution in [0.25, 0.3) is 0 Å². The van der Waals surface area contributed by atoms with Crippen molar-refractivity contribution >= 4 is 5.97 Å². The molecule has 0 saturated carbocycles. The van der Waals surface area contributed by atoms with E-state index in [1.807, 2.05) is 0 Å². The third-order valence-corrected chi connectivity index (χ3v) is 1.82. The van der Waals surface area contributed by atoms with Gasteiger partial charge in [-0.15, -0.1) is 0 Å². The zero-order chi connectivity index (χ0) is 11.6. The SMILES string of the molecule is O=C(O)CCc1cc(F)c(F)c(F)c1O. The van der Waals surface area contributed by atoms with Crippen molar-refractivity contribution in [3.63, 3.8) is 0 Å². The molecule has 0 atom stereocenters. The van der Waals surface area contributed by atoms with E-state index >= 15 is 0 Å². The number of hydrogen-bond acceptors (Lipinski definition) is 2. The van der Waals surface area contributed by atoms with Gasteiger partial charge in [0, 0.05) is 12.0 Å². The van der Waals surface area contributed by atoms with Crippen LogP contribution in [0.3, 0.4) is 0 Å². The van der Waals surface area contributed by atoms with Gasteiger partial charge in [0.25, 0.3) is 0 Å². The number of aromatic hydroxyl groups is 1. The smallest absolute Gasteiger partial charge is 0.303 e. The fourth-order valence-electron chi connectivity index (χ4n) is 1.07. The number of phenolic OH excluding ortho intramolecular Hbond substituents is 1. The zero-order valence-corrected chi connectivity index (χ0v) is 7.43. The minimum Gasteiger partial charge on any atom is -0.505 e. The molecule has 0 aromatic heterocycles. The number of rotatable bonds is 3. The van der Waals surface area contributed by atoms with Gasteiger partial charge in [0.1, 0.15) is 0 Å². The van der Waals surface area contributed by atoms with Crippen LogP contribution >= 0.6 is 0 Å². The van der Waals surface area contributed by atoms with Crippen LogP contribution in [0.1, 0.15) is 12.0 Å². The van der Waals surface area contributed by atoms with Gasteiger partial charge in [-0.05, 0) is 12.5 Å². The number of halogens is 3. The Kier molecular flexibility index (Phi) is 3.18. The molecule has 0 unspecified atom stereocenters. The van der Waals surface area contributed by atoms with E-state index in [9.17, 15) is 18.0 Å². The van der Waals surface area contributed by atoms with E-state index in [2.05, 4.69) is 0 Å². The van der Waals surface area contributed by atoms with Gasteiger partial charge < -0.3 is 10.2 Å². The van der Waals surface area contributed by atoms with Gasteiger partial charge in [-0.2, -0.15) is 4.39 Å². The standard InChI is InChI=1S/C9H7F3O3/c10-5-3-4(1-2-6(13)14)9(15)8(12)7(5)11/h3,15H,1-2H2,(H,13,14). The highest BCUT2D eigenvalue weighted by Gasteiger charge is 2.18. The first kappa shape index (κ1) is 11.4. The van der Waals surface area contributed by atoms with Crippen molar-refractivity contribution in [2.24, 2.45) is 0 Å². The Morgan fingerprint density at radius 3 is 2.40 bits per heavy atom. The van der Waals surface area contributed by atoms with Crippen LogP contribution in [0.2, 0.25) is 0 Å². The van der Waals surface area contributed by atoms with Crippen LogP contribution in [0.15, 0.2) is 6.07 Å². The van der Waals surface area contributed by atoms with Crippen molar-refractivity contribution in [2.45, 2.75) is 12.8 Å². The molecule has 0 aliphatic heterocycles. The van der Waals surface area contributed by atoms with Crippen LogP contribution < -0.4 is 0 Å². The van der Waals surface area contributed by atoms with Gasteiger partial charge in [-0.3, -0.25) is 4.79 Å². The second-order valence-electron chi connectivity index (χ2n) is 2.89. The molecule has 0 radical (unpaired) electrons. The fraction of sp³-hybridized carbons (Fsp3) is 0.222. The summed E-state index contributed by atoms with van der Waals surface area (Å²) in [5.74, 6) is -7.15. The van der Waals surface area contributed by atoms with Crippen LogP contribution in [0, 0.1) is 17.5 Å². The molecule has 1 aromatic carbocycles. The predicted octanol–water partition coefficient (Wildman–Crippen LogP) is 1.83. The van der Waals surface area contributed by atoms with E-state index in [1.165, 1.54) is 0 Å².